The molecule has 0 spiro atoms. The van der Waals surface area contributed by atoms with E-state index in [0.717, 1.165) is 22.3 Å². The molecule has 0 unspecified atom stereocenters. The summed E-state index contributed by atoms with van der Waals surface area (Å²) < 4.78 is 3.08. The predicted molar refractivity (Wildman–Crippen MR) is 140 cm³/mol. The van der Waals surface area contributed by atoms with Crippen LogP contribution in [0.1, 0.15) is 22.3 Å². The Morgan fingerprint density at radius 3 is 0.718 bits per heavy atom. The van der Waals surface area contributed by atoms with Crippen molar-refractivity contribution >= 4 is 12.3 Å². The zero-order chi connectivity index (χ0) is 28.6. The van der Waals surface area contributed by atoms with Gasteiger partial charge in [0.05, 0.1) is 46.5 Å². The smallest absolute Gasteiger partial charge is 0.449 e. The number of carboxylic acid groups (broad SMARTS) is 2. The fourth-order valence-electron chi connectivity index (χ4n) is 3.02. The van der Waals surface area contributed by atoms with Gasteiger partial charge in [-0.3, -0.25) is 0 Å². The molecule has 0 bridgehead atoms. The fraction of sp³-hybridized carbons (Fsp3) is 0. The van der Waals surface area contributed by atoms with Gasteiger partial charge in [0.2, 0.25) is 0 Å². The maximum absolute atomic E-state index is 9.21. The second kappa shape index (κ2) is 14.9. The highest BCUT2D eigenvalue weighted by Gasteiger charge is 2.01. The lowest BCUT2D eigenvalue weighted by Gasteiger charge is -2.01. The van der Waals surface area contributed by atoms with Crippen LogP contribution in [-0.2, 0) is 4.74 Å². The number of nitriles is 4. The summed E-state index contributed by atoms with van der Waals surface area (Å²) in [6.07, 6.45) is -3.62. The lowest BCUT2D eigenvalue weighted by molar-refractivity contribution is 0.0802. The monoisotopic (exact) mass is 514 g/mol. The number of hydrogen-bond donors (Lipinski definition) is 2. The van der Waals surface area contributed by atoms with E-state index in [2.05, 4.69) is 29.0 Å². The van der Waals surface area contributed by atoms with Gasteiger partial charge in [-0.25, -0.2) is 9.59 Å². The molecule has 0 atom stereocenters. The first-order chi connectivity index (χ1) is 18.8. The summed E-state index contributed by atoms with van der Waals surface area (Å²) in [7, 11) is 0. The molecule has 4 aromatic rings. The van der Waals surface area contributed by atoms with Gasteiger partial charge in [0.25, 0.3) is 0 Å². The first kappa shape index (κ1) is 28.8. The molecular weight excluding hydrogens is 496 g/mol. The number of nitrogens with zero attached hydrogens (tertiary/aromatic N) is 4. The van der Waals surface area contributed by atoms with Crippen LogP contribution >= 0.6 is 0 Å². The summed E-state index contributed by atoms with van der Waals surface area (Å²) in [6.45, 7) is 0. The number of ether oxygens (including phenoxy) is 1. The van der Waals surface area contributed by atoms with E-state index in [0.29, 0.717) is 22.3 Å². The van der Waals surface area contributed by atoms with Gasteiger partial charge < -0.3 is 14.9 Å². The Morgan fingerprint density at radius 2 is 0.615 bits per heavy atom. The second-order valence-electron chi connectivity index (χ2n) is 7.39. The molecule has 0 aliphatic rings. The molecule has 39 heavy (non-hydrogen) atoms. The van der Waals surface area contributed by atoms with Crippen LogP contribution in [0.5, 0.6) is 0 Å². The van der Waals surface area contributed by atoms with Crippen molar-refractivity contribution in [3.05, 3.63) is 119 Å². The molecule has 2 N–H and O–H groups in total. The topological polar surface area (TPSA) is 179 Å². The van der Waals surface area contributed by atoms with Crippen LogP contribution in [0.3, 0.4) is 0 Å². The van der Waals surface area contributed by atoms with E-state index < -0.39 is 12.3 Å². The minimum atomic E-state index is -1.81. The van der Waals surface area contributed by atoms with E-state index >= 15 is 0 Å². The molecule has 0 aromatic heterocycles. The van der Waals surface area contributed by atoms with Crippen LogP contribution in [0.2, 0.25) is 0 Å². The van der Waals surface area contributed by atoms with Crippen molar-refractivity contribution in [1.82, 2.24) is 0 Å². The lowest BCUT2D eigenvalue weighted by atomic mass is 10.0. The zero-order valence-corrected chi connectivity index (χ0v) is 20.1. The van der Waals surface area contributed by atoms with Crippen molar-refractivity contribution in [2.24, 2.45) is 0 Å². The first-order valence-corrected chi connectivity index (χ1v) is 10.9. The molecule has 0 fully saturated rings. The highest BCUT2D eigenvalue weighted by atomic mass is 16.7. The first-order valence-electron chi connectivity index (χ1n) is 10.9. The van der Waals surface area contributed by atoms with Crippen LogP contribution in [0.4, 0.5) is 9.59 Å². The Morgan fingerprint density at radius 1 is 0.436 bits per heavy atom. The van der Waals surface area contributed by atoms with Crippen LogP contribution in [0.15, 0.2) is 97.1 Å². The normalized spacial score (nSPS) is 8.82. The molecule has 0 aliphatic heterocycles. The van der Waals surface area contributed by atoms with Crippen LogP contribution in [0, 0.1) is 45.3 Å². The minimum Gasteiger partial charge on any atom is -0.449 e. The van der Waals surface area contributed by atoms with E-state index in [-0.39, 0.29) is 0 Å². The van der Waals surface area contributed by atoms with Crippen LogP contribution in [-0.4, -0.2) is 22.5 Å². The third-order valence-corrected chi connectivity index (χ3v) is 4.90. The molecule has 9 heteroatoms. The molecule has 0 amide bonds. The molecule has 0 saturated heterocycles. The molecule has 4 rings (SSSR count). The quantitative estimate of drug-likeness (QED) is 0.221. The van der Waals surface area contributed by atoms with Gasteiger partial charge >= 0.3 is 12.3 Å². The molecule has 0 saturated carbocycles. The average Bonchev–Trinajstić information content (AvgIpc) is 2.97. The van der Waals surface area contributed by atoms with Crippen molar-refractivity contribution < 1.29 is 24.5 Å². The van der Waals surface area contributed by atoms with Gasteiger partial charge in [0, 0.05) is 0 Å². The van der Waals surface area contributed by atoms with Crippen LogP contribution in [0.25, 0.3) is 22.3 Å². The zero-order valence-electron chi connectivity index (χ0n) is 20.1. The molecule has 0 aliphatic carbocycles. The van der Waals surface area contributed by atoms with Crippen molar-refractivity contribution in [2.45, 2.75) is 0 Å². The van der Waals surface area contributed by atoms with Gasteiger partial charge in [-0.15, -0.1) is 0 Å². The predicted octanol–water partition coefficient (Wildman–Crippen LogP) is 6.55. The maximum atomic E-state index is 9.21. The van der Waals surface area contributed by atoms with E-state index in [1.165, 1.54) is 0 Å². The number of benzene rings is 4. The molecule has 9 nitrogen and oxygen atoms in total. The maximum Gasteiger partial charge on any atom is 0.516 e. The van der Waals surface area contributed by atoms with E-state index in [4.69, 9.17) is 31.3 Å². The summed E-state index contributed by atoms with van der Waals surface area (Å²) in [6, 6.07) is 37.8. The molecule has 0 radical (unpaired) electrons. The third kappa shape index (κ3) is 9.63. The summed E-state index contributed by atoms with van der Waals surface area (Å²) in [4.78, 5) is 18.4. The number of carbonyl (C=O) groups is 2. The Kier molecular flexibility index (Phi) is 11.0. The Hall–Kier alpha value is -6.42. The minimum absolute atomic E-state index is 0.650. The van der Waals surface area contributed by atoms with Gasteiger partial charge in [-0.05, 0) is 70.8 Å². The van der Waals surface area contributed by atoms with Gasteiger partial charge in [0.15, 0.2) is 0 Å². The van der Waals surface area contributed by atoms with E-state index in [1.54, 1.807) is 48.5 Å². The SMILES string of the molecule is N#Cc1ccc(-c2ccc(C#N)cc2)cc1.N#Cc1ccc(-c2ccc(C#N)cc2)cc1.O=C(O)OC(=O)O. The van der Waals surface area contributed by atoms with Crippen molar-refractivity contribution in [1.29, 1.82) is 21.0 Å². The summed E-state index contributed by atoms with van der Waals surface area (Å²) in [5, 5.41) is 49.7. The highest BCUT2D eigenvalue weighted by molar-refractivity contribution is 5.74. The van der Waals surface area contributed by atoms with Gasteiger partial charge in [-0.2, -0.15) is 21.0 Å². The van der Waals surface area contributed by atoms with E-state index in [1.807, 2.05) is 48.5 Å². The van der Waals surface area contributed by atoms with E-state index in [9.17, 15) is 9.59 Å². The molecule has 188 valence electrons. The molecule has 4 aromatic carbocycles. The lowest BCUT2D eigenvalue weighted by Crippen LogP contribution is -2.05. The van der Waals surface area contributed by atoms with Gasteiger partial charge in [0.1, 0.15) is 0 Å². The molecular formula is C30H18N4O5. The Bertz CT molecular complexity index is 1350. The average molecular weight is 514 g/mol. The number of hydrogen-bond acceptors (Lipinski definition) is 7. The molecule has 0 heterocycles. The highest BCUT2D eigenvalue weighted by Crippen LogP contribution is 2.21. The van der Waals surface area contributed by atoms with Crippen molar-refractivity contribution in [2.75, 3.05) is 0 Å². The summed E-state index contributed by atoms with van der Waals surface area (Å²) >= 11 is 0. The Labute approximate surface area is 223 Å². The Balaban J connectivity index is 0.000000222. The van der Waals surface area contributed by atoms with Crippen molar-refractivity contribution in [3.8, 4) is 46.5 Å². The fourth-order valence-corrected chi connectivity index (χ4v) is 3.02. The summed E-state index contributed by atoms with van der Waals surface area (Å²) in [5.41, 5.74) is 6.78. The second-order valence-corrected chi connectivity index (χ2v) is 7.39. The largest absolute Gasteiger partial charge is 0.516 e. The third-order valence-electron chi connectivity index (χ3n) is 4.90. The summed E-state index contributed by atoms with van der Waals surface area (Å²) in [5.74, 6) is 0. The number of rotatable bonds is 2. The van der Waals surface area contributed by atoms with Crippen molar-refractivity contribution in [3.63, 3.8) is 0 Å². The van der Waals surface area contributed by atoms with Crippen LogP contribution < -0.4 is 0 Å². The van der Waals surface area contributed by atoms with Gasteiger partial charge in [-0.1, -0.05) is 48.5 Å². The standard InChI is InChI=1S/2C14H8N2.C2H2O5/c2*15-9-11-1-5-13(6-2-11)14-7-3-12(10-16)4-8-14;3-1(4)7-2(5)6/h2*1-8H;(H,3,4)(H,5,6).